The summed E-state index contributed by atoms with van der Waals surface area (Å²) in [5.74, 6) is -0.223. The van der Waals surface area contributed by atoms with Crippen LogP contribution in [0.25, 0.3) is 0 Å². The summed E-state index contributed by atoms with van der Waals surface area (Å²) < 4.78 is 37.9. The quantitative estimate of drug-likeness (QED) is 0.802. The number of alkyl halides is 3. The van der Waals surface area contributed by atoms with Gasteiger partial charge in [-0.05, 0) is 43.3 Å². The van der Waals surface area contributed by atoms with E-state index in [4.69, 9.17) is 12.2 Å². The minimum Gasteiger partial charge on any atom is -0.332 e. The monoisotopic (exact) mass is 330 g/mol. The lowest BCUT2D eigenvalue weighted by Gasteiger charge is -2.21. The fourth-order valence-corrected chi connectivity index (χ4v) is 2.73. The van der Waals surface area contributed by atoms with Crippen LogP contribution in [0, 0.1) is 5.92 Å². The van der Waals surface area contributed by atoms with Crippen LogP contribution in [0.4, 0.5) is 18.9 Å². The van der Waals surface area contributed by atoms with Gasteiger partial charge in [0.25, 0.3) is 0 Å². The van der Waals surface area contributed by atoms with Crippen molar-refractivity contribution in [1.29, 1.82) is 0 Å². The molecule has 0 bridgehead atoms. The van der Waals surface area contributed by atoms with Crippen molar-refractivity contribution < 1.29 is 18.0 Å². The van der Waals surface area contributed by atoms with Crippen LogP contribution in [0.3, 0.4) is 0 Å². The number of rotatable bonds is 2. The van der Waals surface area contributed by atoms with E-state index in [1.54, 1.807) is 0 Å². The molecular weight excluding hydrogens is 313 g/mol. The standard InChI is InChI=1S/C15H17F3N2OS/c16-15(17,18)11-7-4-8-12(9-11)19-14(22)20-13(21)10-5-2-1-3-6-10/h4,7-10H,1-3,5-6H2,(H2,19,20,21,22). The topological polar surface area (TPSA) is 41.1 Å². The lowest BCUT2D eigenvalue weighted by atomic mass is 9.89. The normalized spacial score (nSPS) is 16.1. The highest BCUT2D eigenvalue weighted by molar-refractivity contribution is 7.80. The predicted octanol–water partition coefficient (Wildman–Crippen LogP) is 4.10. The maximum absolute atomic E-state index is 12.6. The van der Waals surface area contributed by atoms with Gasteiger partial charge in [-0.2, -0.15) is 13.2 Å². The van der Waals surface area contributed by atoms with Crippen molar-refractivity contribution in [3.05, 3.63) is 29.8 Å². The molecule has 2 N–H and O–H groups in total. The van der Waals surface area contributed by atoms with Gasteiger partial charge >= 0.3 is 6.18 Å². The number of benzene rings is 1. The lowest BCUT2D eigenvalue weighted by molar-refractivity contribution is -0.137. The zero-order valence-electron chi connectivity index (χ0n) is 11.9. The molecule has 3 nitrogen and oxygen atoms in total. The van der Waals surface area contributed by atoms with Gasteiger partial charge in [-0.25, -0.2) is 0 Å². The number of thiocarbonyl (C=S) groups is 1. The maximum Gasteiger partial charge on any atom is 0.416 e. The molecule has 1 saturated carbocycles. The average molecular weight is 330 g/mol. The van der Waals surface area contributed by atoms with E-state index in [2.05, 4.69) is 10.6 Å². The summed E-state index contributed by atoms with van der Waals surface area (Å²) in [6.07, 6.45) is 0.426. The molecular formula is C15H17F3N2OS. The summed E-state index contributed by atoms with van der Waals surface area (Å²) in [5, 5.41) is 5.20. The molecule has 1 aliphatic rings. The molecule has 0 atom stereocenters. The summed E-state index contributed by atoms with van der Waals surface area (Å²) >= 11 is 4.99. The van der Waals surface area contributed by atoms with Gasteiger partial charge in [0.1, 0.15) is 0 Å². The first-order valence-electron chi connectivity index (χ1n) is 7.15. The predicted molar refractivity (Wildman–Crippen MR) is 82.4 cm³/mol. The Labute approximate surface area is 132 Å². The van der Waals surface area contributed by atoms with E-state index in [1.807, 2.05) is 0 Å². The fraction of sp³-hybridized carbons (Fsp3) is 0.467. The number of anilines is 1. The molecule has 0 aliphatic heterocycles. The van der Waals surface area contributed by atoms with Crippen LogP contribution in [0.15, 0.2) is 24.3 Å². The number of nitrogens with one attached hydrogen (secondary N) is 2. The molecule has 22 heavy (non-hydrogen) atoms. The number of hydrogen-bond acceptors (Lipinski definition) is 2. The number of amides is 1. The Kier molecular flexibility index (Phi) is 5.39. The minimum absolute atomic E-state index is 0.0231. The molecule has 7 heteroatoms. The second-order valence-corrected chi connectivity index (χ2v) is 5.77. The third kappa shape index (κ3) is 4.69. The number of halogens is 3. The Morgan fingerprint density at radius 1 is 1.18 bits per heavy atom. The summed E-state index contributed by atoms with van der Waals surface area (Å²) in [5.41, 5.74) is -0.567. The van der Waals surface area contributed by atoms with Crippen LogP contribution in [0.2, 0.25) is 0 Å². The average Bonchev–Trinajstić information content (AvgIpc) is 2.47. The first-order valence-corrected chi connectivity index (χ1v) is 7.56. The molecule has 2 rings (SSSR count). The lowest BCUT2D eigenvalue weighted by Crippen LogP contribution is -2.39. The summed E-state index contributed by atoms with van der Waals surface area (Å²) in [7, 11) is 0. The van der Waals surface area contributed by atoms with Gasteiger partial charge < -0.3 is 10.6 Å². The molecule has 1 aliphatic carbocycles. The maximum atomic E-state index is 12.6. The highest BCUT2D eigenvalue weighted by Gasteiger charge is 2.30. The first kappa shape index (κ1) is 16.7. The van der Waals surface area contributed by atoms with Crippen molar-refractivity contribution in [3.63, 3.8) is 0 Å². The van der Waals surface area contributed by atoms with E-state index in [0.717, 1.165) is 44.2 Å². The third-order valence-corrected chi connectivity index (χ3v) is 3.86. The number of hydrogen-bond donors (Lipinski definition) is 2. The van der Waals surface area contributed by atoms with Gasteiger partial charge in [-0.3, -0.25) is 4.79 Å². The summed E-state index contributed by atoms with van der Waals surface area (Å²) in [6, 6.07) is 4.69. The van der Waals surface area contributed by atoms with E-state index in [9.17, 15) is 18.0 Å². The van der Waals surface area contributed by atoms with Crippen molar-refractivity contribution in [1.82, 2.24) is 5.32 Å². The van der Waals surface area contributed by atoms with Crippen molar-refractivity contribution in [2.24, 2.45) is 5.92 Å². The Balaban J connectivity index is 1.93. The number of carbonyl (C=O) groups excluding carboxylic acids is 1. The molecule has 0 unspecified atom stereocenters. The Hall–Kier alpha value is -1.63. The zero-order chi connectivity index (χ0) is 16.2. The van der Waals surface area contributed by atoms with Crippen LogP contribution in [-0.4, -0.2) is 11.0 Å². The van der Waals surface area contributed by atoms with E-state index in [1.165, 1.54) is 12.1 Å². The summed E-state index contributed by atoms with van der Waals surface area (Å²) in [4.78, 5) is 12.0. The first-order chi connectivity index (χ1) is 10.4. The van der Waals surface area contributed by atoms with Gasteiger partial charge in [0.05, 0.1) is 5.56 Å². The third-order valence-electron chi connectivity index (χ3n) is 3.66. The molecule has 1 aromatic carbocycles. The van der Waals surface area contributed by atoms with Crippen molar-refractivity contribution in [2.45, 2.75) is 38.3 Å². The molecule has 0 spiro atoms. The number of carbonyl (C=O) groups is 1. The highest BCUT2D eigenvalue weighted by atomic mass is 32.1. The van der Waals surface area contributed by atoms with Gasteiger partial charge in [-0.15, -0.1) is 0 Å². The second-order valence-electron chi connectivity index (χ2n) is 5.36. The van der Waals surface area contributed by atoms with E-state index in [0.29, 0.717) is 0 Å². The van der Waals surface area contributed by atoms with Gasteiger partial charge in [0, 0.05) is 11.6 Å². The Morgan fingerprint density at radius 3 is 2.50 bits per heavy atom. The van der Waals surface area contributed by atoms with Crippen molar-refractivity contribution >= 4 is 28.9 Å². The van der Waals surface area contributed by atoms with Gasteiger partial charge in [0.2, 0.25) is 5.91 Å². The largest absolute Gasteiger partial charge is 0.416 e. The SMILES string of the molecule is O=C(NC(=S)Nc1cccc(C(F)(F)F)c1)C1CCCCC1. The molecule has 0 heterocycles. The molecule has 0 saturated heterocycles. The molecule has 1 aromatic rings. The second kappa shape index (κ2) is 7.09. The molecule has 120 valence electrons. The van der Waals surface area contributed by atoms with E-state index in [-0.39, 0.29) is 22.6 Å². The Bertz CT molecular complexity index is 554. The zero-order valence-corrected chi connectivity index (χ0v) is 12.7. The molecule has 0 radical (unpaired) electrons. The van der Waals surface area contributed by atoms with Crippen LogP contribution < -0.4 is 10.6 Å². The summed E-state index contributed by atoms with van der Waals surface area (Å²) in [6.45, 7) is 0. The van der Waals surface area contributed by atoms with Crippen LogP contribution in [0.5, 0.6) is 0 Å². The van der Waals surface area contributed by atoms with E-state index >= 15 is 0 Å². The highest BCUT2D eigenvalue weighted by Crippen LogP contribution is 2.30. The van der Waals surface area contributed by atoms with Gasteiger partial charge in [-0.1, -0.05) is 25.3 Å². The minimum atomic E-state index is -4.41. The van der Waals surface area contributed by atoms with Crippen LogP contribution in [0.1, 0.15) is 37.7 Å². The molecule has 1 amide bonds. The van der Waals surface area contributed by atoms with Crippen molar-refractivity contribution in [2.75, 3.05) is 5.32 Å². The van der Waals surface area contributed by atoms with Crippen LogP contribution >= 0.6 is 12.2 Å². The van der Waals surface area contributed by atoms with Crippen LogP contribution in [-0.2, 0) is 11.0 Å². The Morgan fingerprint density at radius 2 is 1.86 bits per heavy atom. The van der Waals surface area contributed by atoms with E-state index < -0.39 is 11.7 Å². The fourth-order valence-electron chi connectivity index (χ4n) is 2.51. The van der Waals surface area contributed by atoms with Gasteiger partial charge in [0.15, 0.2) is 5.11 Å². The molecule has 0 aromatic heterocycles. The van der Waals surface area contributed by atoms with Crippen molar-refractivity contribution in [3.8, 4) is 0 Å². The smallest absolute Gasteiger partial charge is 0.332 e. The molecule has 1 fully saturated rings.